The summed E-state index contributed by atoms with van der Waals surface area (Å²) in [4.78, 5) is 0. The Kier molecular flexibility index (Phi) is 3.64. The quantitative estimate of drug-likeness (QED) is 0.881. The highest BCUT2D eigenvalue weighted by Crippen LogP contribution is 2.28. The van der Waals surface area contributed by atoms with Crippen molar-refractivity contribution in [2.24, 2.45) is 0 Å². The number of aliphatic hydroxyl groups excluding tert-OH is 1. The predicted molar refractivity (Wildman–Crippen MR) is 69.7 cm³/mol. The average Bonchev–Trinajstić information content (AvgIpc) is 2.30. The van der Waals surface area contributed by atoms with Gasteiger partial charge < -0.3 is 5.11 Å². The van der Waals surface area contributed by atoms with Gasteiger partial charge in [-0.05, 0) is 29.3 Å². The molecule has 1 nitrogen and oxygen atoms in total. The predicted octanol–water partition coefficient (Wildman–Crippen LogP) is 4.18. The molecule has 0 saturated heterocycles. The number of benzene rings is 2. The summed E-state index contributed by atoms with van der Waals surface area (Å²) in [7, 11) is 0. The van der Waals surface area contributed by atoms with E-state index in [4.69, 9.17) is 11.6 Å². The van der Waals surface area contributed by atoms with Gasteiger partial charge in [0.05, 0.1) is 0 Å². The van der Waals surface area contributed by atoms with Gasteiger partial charge in [-0.1, -0.05) is 57.9 Å². The molecule has 0 aliphatic heterocycles. The van der Waals surface area contributed by atoms with Crippen molar-refractivity contribution < 1.29 is 5.11 Å². The Morgan fingerprint density at radius 2 is 1.62 bits per heavy atom. The summed E-state index contributed by atoms with van der Waals surface area (Å²) in [6.45, 7) is 0. The molecule has 0 aliphatic rings. The first-order valence-corrected chi connectivity index (χ1v) is 6.03. The molecule has 16 heavy (non-hydrogen) atoms. The molecule has 0 radical (unpaired) electrons. The molecule has 2 rings (SSSR count). The maximum Gasteiger partial charge on any atom is 0.105 e. The van der Waals surface area contributed by atoms with Crippen molar-refractivity contribution in [1.82, 2.24) is 0 Å². The lowest BCUT2D eigenvalue weighted by Crippen LogP contribution is -2.00. The van der Waals surface area contributed by atoms with Crippen LogP contribution in [-0.4, -0.2) is 5.11 Å². The molecule has 1 N–H and O–H groups in total. The minimum Gasteiger partial charge on any atom is -0.384 e. The summed E-state index contributed by atoms with van der Waals surface area (Å²) in [6, 6.07) is 14.8. The van der Waals surface area contributed by atoms with Gasteiger partial charge in [-0.25, -0.2) is 0 Å². The standard InChI is InChI=1S/C13H10BrClO/c14-12-4-2-1-3-11(12)13(16)9-5-7-10(15)8-6-9/h1-8,13,16H/t13-/m1/s1. The average molecular weight is 298 g/mol. The fraction of sp³-hybridized carbons (Fsp3) is 0.0769. The van der Waals surface area contributed by atoms with Gasteiger partial charge in [-0.3, -0.25) is 0 Å². The third-order valence-corrected chi connectivity index (χ3v) is 3.36. The number of aliphatic hydroxyl groups is 1. The summed E-state index contributed by atoms with van der Waals surface area (Å²) in [5, 5.41) is 10.9. The monoisotopic (exact) mass is 296 g/mol. The van der Waals surface area contributed by atoms with Gasteiger partial charge in [0.15, 0.2) is 0 Å². The van der Waals surface area contributed by atoms with Crippen molar-refractivity contribution in [2.45, 2.75) is 6.10 Å². The summed E-state index contributed by atoms with van der Waals surface area (Å²) in [6.07, 6.45) is -0.632. The maximum atomic E-state index is 10.2. The zero-order valence-corrected chi connectivity index (χ0v) is 10.7. The van der Waals surface area contributed by atoms with Gasteiger partial charge in [-0.2, -0.15) is 0 Å². The van der Waals surface area contributed by atoms with E-state index < -0.39 is 6.10 Å². The van der Waals surface area contributed by atoms with Crippen LogP contribution in [0.5, 0.6) is 0 Å². The third-order valence-electron chi connectivity index (χ3n) is 2.39. The fourth-order valence-corrected chi connectivity index (χ4v) is 2.15. The molecule has 0 bridgehead atoms. The molecule has 0 fully saturated rings. The van der Waals surface area contributed by atoms with Crippen LogP contribution in [0, 0.1) is 0 Å². The van der Waals surface area contributed by atoms with Crippen LogP contribution in [0.15, 0.2) is 53.0 Å². The minimum atomic E-state index is -0.632. The van der Waals surface area contributed by atoms with Crippen LogP contribution in [0.2, 0.25) is 5.02 Å². The summed E-state index contributed by atoms with van der Waals surface area (Å²) in [5.41, 5.74) is 1.68. The lowest BCUT2D eigenvalue weighted by atomic mass is 10.0. The van der Waals surface area contributed by atoms with Crippen molar-refractivity contribution in [3.05, 3.63) is 69.2 Å². The Bertz CT molecular complexity index is 482. The maximum absolute atomic E-state index is 10.2. The van der Waals surface area contributed by atoms with Crippen molar-refractivity contribution in [3.8, 4) is 0 Å². The molecule has 0 aliphatic carbocycles. The Labute approximate surface area is 108 Å². The van der Waals surface area contributed by atoms with Gasteiger partial charge in [-0.15, -0.1) is 0 Å². The third kappa shape index (κ3) is 2.46. The lowest BCUT2D eigenvalue weighted by molar-refractivity contribution is 0.219. The smallest absolute Gasteiger partial charge is 0.105 e. The van der Waals surface area contributed by atoms with E-state index in [1.165, 1.54) is 0 Å². The molecule has 0 aromatic heterocycles. The highest BCUT2D eigenvalue weighted by atomic mass is 79.9. The van der Waals surface area contributed by atoms with Crippen LogP contribution < -0.4 is 0 Å². The van der Waals surface area contributed by atoms with E-state index in [1.54, 1.807) is 12.1 Å². The molecule has 2 aromatic rings. The Hall–Kier alpha value is -0.830. The number of hydrogen-bond donors (Lipinski definition) is 1. The van der Waals surface area contributed by atoms with Crippen molar-refractivity contribution in [2.75, 3.05) is 0 Å². The van der Waals surface area contributed by atoms with Gasteiger partial charge in [0, 0.05) is 9.50 Å². The van der Waals surface area contributed by atoms with E-state index in [0.717, 1.165) is 15.6 Å². The van der Waals surface area contributed by atoms with Crippen LogP contribution in [0.3, 0.4) is 0 Å². The van der Waals surface area contributed by atoms with Crippen molar-refractivity contribution >= 4 is 27.5 Å². The topological polar surface area (TPSA) is 20.2 Å². The molecule has 1 atom stereocenters. The van der Waals surface area contributed by atoms with Crippen molar-refractivity contribution in [3.63, 3.8) is 0 Å². The van der Waals surface area contributed by atoms with E-state index >= 15 is 0 Å². The van der Waals surface area contributed by atoms with Gasteiger partial charge in [0.2, 0.25) is 0 Å². The second-order valence-corrected chi connectivity index (χ2v) is 4.77. The lowest BCUT2D eigenvalue weighted by Gasteiger charge is -2.13. The van der Waals surface area contributed by atoms with Crippen LogP contribution in [0.4, 0.5) is 0 Å². The molecular formula is C13H10BrClO. The fourth-order valence-electron chi connectivity index (χ4n) is 1.52. The Balaban J connectivity index is 2.35. The van der Waals surface area contributed by atoms with Crippen molar-refractivity contribution in [1.29, 1.82) is 0 Å². The second-order valence-electron chi connectivity index (χ2n) is 3.48. The van der Waals surface area contributed by atoms with Crippen LogP contribution in [0.25, 0.3) is 0 Å². The van der Waals surface area contributed by atoms with Crippen LogP contribution in [-0.2, 0) is 0 Å². The summed E-state index contributed by atoms with van der Waals surface area (Å²) >= 11 is 9.23. The van der Waals surface area contributed by atoms with E-state index in [2.05, 4.69) is 15.9 Å². The first-order chi connectivity index (χ1) is 7.68. The van der Waals surface area contributed by atoms with Gasteiger partial charge in [0.25, 0.3) is 0 Å². The normalized spacial score (nSPS) is 12.4. The van der Waals surface area contributed by atoms with Gasteiger partial charge >= 0.3 is 0 Å². The number of halogens is 2. The van der Waals surface area contributed by atoms with E-state index in [9.17, 15) is 5.11 Å². The Morgan fingerprint density at radius 3 is 2.25 bits per heavy atom. The molecular weight excluding hydrogens is 287 g/mol. The van der Waals surface area contributed by atoms with E-state index in [0.29, 0.717) is 5.02 Å². The molecule has 0 spiro atoms. The van der Waals surface area contributed by atoms with E-state index in [-0.39, 0.29) is 0 Å². The Morgan fingerprint density at radius 1 is 1.00 bits per heavy atom. The van der Waals surface area contributed by atoms with Gasteiger partial charge in [0.1, 0.15) is 6.10 Å². The minimum absolute atomic E-state index is 0.632. The van der Waals surface area contributed by atoms with Crippen LogP contribution in [0.1, 0.15) is 17.2 Å². The summed E-state index contributed by atoms with van der Waals surface area (Å²) < 4.78 is 0.900. The molecule has 82 valence electrons. The number of hydrogen-bond acceptors (Lipinski definition) is 1. The molecule has 0 amide bonds. The summed E-state index contributed by atoms with van der Waals surface area (Å²) in [5.74, 6) is 0. The molecule has 0 heterocycles. The van der Waals surface area contributed by atoms with Crippen LogP contribution >= 0.6 is 27.5 Å². The zero-order chi connectivity index (χ0) is 11.5. The first-order valence-electron chi connectivity index (χ1n) is 4.86. The van der Waals surface area contributed by atoms with E-state index in [1.807, 2.05) is 36.4 Å². The highest BCUT2D eigenvalue weighted by molar-refractivity contribution is 9.10. The molecule has 3 heteroatoms. The highest BCUT2D eigenvalue weighted by Gasteiger charge is 2.12. The largest absolute Gasteiger partial charge is 0.384 e. The SMILES string of the molecule is O[C@H](c1ccc(Cl)cc1)c1ccccc1Br. The molecule has 0 saturated carbocycles. The first kappa shape index (κ1) is 11.6. The zero-order valence-electron chi connectivity index (χ0n) is 8.40. The molecule has 2 aromatic carbocycles. The number of rotatable bonds is 2. The molecule has 0 unspecified atom stereocenters. The second kappa shape index (κ2) is 5.00.